The van der Waals surface area contributed by atoms with E-state index in [2.05, 4.69) is 22.5 Å². The summed E-state index contributed by atoms with van der Waals surface area (Å²) < 4.78 is 14.0. The predicted molar refractivity (Wildman–Crippen MR) is 139 cm³/mol. The molecule has 0 bridgehead atoms. The highest BCUT2D eigenvalue weighted by Gasteiger charge is 2.26. The summed E-state index contributed by atoms with van der Waals surface area (Å²) in [5, 5.41) is 7.01. The van der Waals surface area contributed by atoms with Crippen LogP contribution in [0.25, 0.3) is 0 Å². The van der Waals surface area contributed by atoms with Crippen LogP contribution in [-0.2, 0) is 13.1 Å². The van der Waals surface area contributed by atoms with Crippen LogP contribution in [-0.4, -0.2) is 61.6 Å². The molecule has 5 nitrogen and oxygen atoms in total. The molecule has 3 rings (SSSR count). The molecule has 7 heteroatoms. The number of halogens is 2. The maximum atomic E-state index is 14.0. The van der Waals surface area contributed by atoms with Crippen molar-refractivity contribution < 1.29 is 4.39 Å². The number of aliphatic imine (C=N–C) groups is 1. The van der Waals surface area contributed by atoms with Gasteiger partial charge in [-0.05, 0) is 64.4 Å². The fraction of sp³-hybridized carbons (Fsp3) is 0.708. The standard InChI is InChI=1S/C24H40FN5.HI/c1-4-26-24(27-17-19-10-11-23(25)20(16-19)18-29(2)3)28-21-12-14-30(15-13-21)22-8-6-5-7-9-22;/h10-11,16,21-22H,4-9,12-15,17-18H2,1-3H3,(H2,26,27,28);1H. The first-order chi connectivity index (χ1) is 14.5. The summed E-state index contributed by atoms with van der Waals surface area (Å²) in [5.41, 5.74) is 1.76. The maximum absolute atomic E-state index is 14.0. The number of hydrogen-bond donors (Lipinski definition) is 2. The number of rotatable bonds is 7. The molecule has 1 saturated heterocycles. The molecule has 2 aliphatic rings. The molecule has 0 amide bonds. The van der Waals surface area contributed by atoms with Gasteiger partial charge in [-0.3, -0.25) is 0 Å². The Morgan fingerprint density at radius 2 is 1.84 bits per heavy atom. The Labute approximate surface area is 205 Å². The molecule has 0 unspecified atom stereocenters. The van der Waals surface area contributed by atoms with E-state index < -0.39 is 0 Å². The van der Waals surface area contributed by atoms with E-state index in [0.29, 0.717) is 19.1 Å². The molecular weight excluding hydrogens is 504 g/mol. The summed E-state index contributed by atoms with van der Waals surface area (Å²) in [5.74, 6) is 0.721. The minimum Gasteiger partial charge on any atom is -0.357 e. The van der Waals surface area contributed by atoms with E-state index in [9.17, 15) is 4.39 Å². The highest BCUT2D eigenvalue weighted by molar-refractivity contribution is 14.0. The largest absolute Gasteiger partial charge is 0.357 e. The van der Waals surface area contributed by atoms with Crippen LogP contribution in [0, 0.1) is 5.82 Å². The molecule has 31 heavy (non-hydrogen) atoms. The zero-order chi connectivity index (χ0) is 21.3. The Hall–Kier alpha value is -0.930. The van der Waals surface area contributed by atoms with Crippen LogP contribution in [0.5, 0.6) is 0 Å². The first-order valence-electron chi connectivity index (χ1n) is 11.8. The van der Waals surface area contributed by atoms with Crippen molar-refractivity contribution in [2.24, 2.45) is 4.99 Å². The van der Waals surface area contributed by atoms with E-state index in [1.165, 1.54) is 58.0 Å². The van der Waals surface area contributed by atoms with Crippen molar-refractivity contribution in [3.8, 4) is 0 Å². The van der Waals surface area contributed by atoms with Crippen molar-refractivity contribution in [3.05, 3.63) is 35.1 Å². The zero-order valence-electron chi connectivity index (χ0n) is 19.5. The molecule has 1 aliphatic heterocycles. The smallest absolute Gasteiger partial charge is 0.191 e. The Balaban J connectivity index is 0.00000341. The molecule has 1 aromatic carbocycles. The van der Waals surface area contributed by atoms with E-state index in [1.54, 1.807) is 6.07 Å². The van der Waals surface area contributed by atoms with Gasteiger partial charge in [0.25, 0.3) is 0 Å². The average molecular weight is 546 g/mol. The van der Waals surface area contributed by atoms with Crippen LogP contribution in [0.1, 0.15) is 63.0 Å². The fourth-order valence-electron chi connectivity index (χ4n) is 4.73. The number of likely N-dealkylation sites (tertiary alicyclic amines) is 1. The highest BCUT2D eigenvalue weighted by atomic mass is 127. The van der Waals surface area contributed by atoms with Crippen LogP contribution in [0.3, 0.4) is 0 Å². The molecule has 0 atom stereocenters. The topological polar surface area (TPSA) is 42.9 Å². The third-order valence-corrected chi connectivity index (χ3v) is 6.32. The van der Waals surface area contributed by atoms with Gasteiger partial charge >= 0.3 is 0 Å². The van der Waals surface area contributed by atoms with Crippen LogP contribution >= 0.6 is 24.0 Å². The lowest BCUT2D eigenvalue weighted by molar-refractivity contribution is 0.119. The van der Waals surface area contributed by atoms with E-state index in [4.69, 9.17) is 4.99 Å². The predicted octanol–water partition coefficient (Wildman–Crippen LogP) is 4.36. The molecule has 1 aromatic rings. The molecule has 1 heterocycles. The van der Waals surface area contributed by atoms with Gasteiger partial charge in [-0.15, -0.1) is 24.0 Å². The van der Waals surface area contributed by atoms with Crippen LogP contribution in [0.15, 0.2) is 23.2 Å². The summed E-state index contributed by atoms with van der Waals surface area (Å²) in [4.78, 5) is 9.48. The molecule has 0 radical (unpaired) electrons. The van der Waals surface area contributed by atoms with Crippen LogP contribution in [0.2, 0.25) is 0 Å². The number of nitrogens with one attached hydrogen (secondary N) is 2. The molecular formula is C24H41FIN5. The second-order valence-corrected chi connectivity index (χ2v) is 9.11. The molecule has 1 aliphatic carbocycles. The van der Waals surface area contributed by atoms with Gasteiger partial charge in [0, 0.05) is 43.8 Å². The molecule has 0 spiro atoms. The van der Waals surface area contributed by atoms with Gasteiger partial charge in [0.15, 0.2) is 5.96 Å². The maximum Gasteiger partial charge on any atom is 0.191 e. The van der Waals surface area contributed by atoms with E-state index >= 15 is 0 Å². The van der Waals surface area contributed by atoms with Crippen molar-refractivity contribution >= 4 is 29.9 Å². The van der Waals surface area contributed by atoms with E-state index in [0.717, 1.165) is 29.7 Å². The molecule has 2 N–H and O–H groups in total. The summed E-state index contributed by atoms with van der Waals surface area (Å²) in [7, 11) is 3.91. The molecule has 0 aromatic heterocycles. The quantitative estimate of drug-likeness (QED) is 0.304. The van der Waals surface area contributed by atoms with E-state index in [-0.39, 0.29) is 29.8 Å². The summed E-state index contributed by atoms with van der Waals surface area (Å²) >= 11 is 0. The monoisotopic (exact) mass is 545 g/mol. The summed E-state index contributed by atoms with van der Waals surface area (Å²) in [6.45, 7) is 6.46. The zero-order valence-corrected chi connectivity index (χ0v) is 21.8. The number of hydrogen-bond acceptors (Lipinski definition) is 3. The van der Waals surface area contributed by atoms with Gasteiger partial charge in [-0.25, -0.2) is 9.38 Å². The van der Waals surface area contributed by atoms with Crippen molar-refractivity contribution in [1.82, 2.24) is 20.4 Å². The molecule has 2 fully saturated rings. The summed E-state index contributed by atoms with van der Waals surface area (Å²) in [6, 6.07) is 6.62. The van der Waals surface area contributed by atoms with Gasteiger partial charge in [0.2, 0.25) is 0 Å². The Kier molecular flexibility index (Phi) is 11.5. The highest BCUT2D eigenvalue weighted by Crippen LogP contribution is 2.25. The molecule has 1 saturated carbocycles. The van der Waals surface area contributed by atoms with Gasteiger partial charge in [0.1, 0.15) is 5.82 Å². The summed E-state index contributed by atoms with van der Waals surface area (Å²) in [6.07, 6.45) is 9.33. The van der Waals surface area contributed by atoms with Gasteiger partial charge in [-0.1, -0.05) is 25.3 Å². The first kappa shape index (κ1) is 26.3. The Morgan fingerprint density at radius 3 is 2.48 bits per heavy atom. The van der Waals surface area contributed by atoms with E-state index in [1.807, 2.05) is 31.1 Å². The lowest BCUT2D eigenvalue weighted by Crippen LogP contribution is -2.50. The SMILES string of the molecule is CCNC(=NCc1ccc(F)c(CN(C)C)c1)NC1CCN(C2CCCCC2)CC1.I. The Bertz CT molecular complexity index is 683. The van der Waals surface area contributed by atoms with Crippen molar-refractivity contribution in [2.45, 2.75) is 77.0 Å². The van der Waals surface area contributed by atoms with Crippen molar-refractivity contribution in [2.75, 3.05) is 33.7 Å². The third kappa shape index (κ3) is 8.50. The lowest BCUT2D eigenvalue weighted by Gasteiger charge is -2.39. The second kappa shape index (κ2) is 13.6. The normalized spacial score (nSPS) is 19.3. The fourth-order valence-corrected chi connectivity index (χ4v) is 4.73. The minimum atomic E-state index is -0.147. The third-order valence-electron chi connectivity index (χ3n) is 6.32. The van der Waals surface area contributed by atoms with Crippen LogP contribution < -0.4 is 10.6 Å². The second-order valence-electron chi connectivity index (χ2n) is 9.11. The average Bonchev–Trinajstić information content (AvgIpc) is 2.75. The molecule has 176 valence electrons. The van der Waals surface area contributed by atoms with Crippen molar-refractivity contribution in [1.29, 1.82) is 0 Å². The first-order valence-corrected chi connectivity index (χ1v) is 11.8. The van der Waals surface area contributed by atoms with Gasteiger partial charge in [0.05, 0.1) is 6.54 Å². The van der Waals surface area contributed by atoms with Crippen LogP contribution in [0.4, 0.5) is 4.39 Å². The van der Waals surface area contributed by atoms with Crippen molar-refractivity contribution in [3.63, 3.8) is 0 Å². The number of nitrogens with zero attached hydrogens (tertiary/aromatic N) is 3. The lowest BCUT2D eigenvalue weighted by atomic mass is 9.92. The number of piperidine rings is 1. The minimum absolute atomic E-state index is 0. The van der Waals surface area contributed by atoms with Gasteiger partial charge in [-0.2, -0.15) is 0 Å². The Morgan fingerprint density at radius 1 is 1.13 bits per heavy atom. The number of guanidine groups is 1. The number of benzene rings is 1. The van der Waals surface area contributed by atoms with Gasteiger partial charge < -0.3 is 20.4 Å².